The van der Waals surface area contributed by atoms with E-state index in [0.29, 0.717) is 18.6 Å². The third-order valence-corrected chi connectivity index (χ3v) is 8.67. The third kappa shape index (κ3) is 4.69. The van der Waals surface area contributed by atoms with Crippen molar-refractivity contribution >= 4 is 46.2 Å². The van der Waals surface area contributed by atoms with E-state index in [1.54, 1.807) is 34.4 Å². The maximum atomic E-state index is 13.4. The van der Waals surface area contributed by atoms with Crippen LogP contribution in [0.4, 0.5) is 0 Å². The number of hydrogen-bond acceptors (Lipinski definition) is 7. The number of thiophene rings is 2. The maximum absolute atomic E-state index is 13.4. The average molecular weight is 474 g/mol. The predicted octanol–water partition coefficient (Wildman–Crippen LogP) is 5.78. The van der Waals surface area contributed by atoms with Crippen molar-refractivity contribution in [3.8, 4) is 0 Å². The van der Waals surface area contributed by atoms with Gasteiger partial charge in [0.05, 0.1) is 11.5 Å². The van der Waals surface area contributed by atoms with Crippen LogP contribution in [0.2, 0.25) is 0 Å². The normalized spacial score (nSPS) is 21.2. The van der Waals surface area contributed by atoms with Crippen molar-refractivity contribution in [3.63, 3.8) is 0 Å². The second kappa shape index (κ2) is 9.76. The molecule has 0 bridgehead atoms. The lowest BCUT2D eigenvalue weighted by Crippen LogP contribution is -2.35. The SMILES string of the molecule is CCSCCOC(=O)C1=C(C)NC2=C(C(=O)C[C@H](c3cccs3)C2)[C@@H]1c1ccc(C)s1. The van der Waals surface area contributed by atoms with Crippen molar-refractivity contribution in [3.05, 3.63) is 66.8 Å². The standard InChI is InChI=1S/C24H27NO3S3/c1-4-29-11-9-28-24(27)21-15(3)25-17-12-16(19-6-5-10-30-19)13-18(26)22(17)23(21)20-8-7-14(2)31-20/h5-8,10,16,23,25H,4,9,11-13H2,1-3H3/t16-,23-/m1/s1. The highest BCUT2D eigenvalue weighted by molar-refractivity contribution is 7.99. The highest BCUT2D eigenvalue weighted by atomic mass is 32.2. The molecule has 2 atom stereocenters. The van der Waals surface area contributed by atoms with E-state index in [0.717, 1.165) is 39.8 Å². The molecule has 4 rings (SSSR count). The Labute approximate surface area is 195 Å². The first-order valence-electron chi connectivity index (χ1n) is 10.6. The lowest BCUT2D eigenvalue weighted by Gasteiger charge is -2.35. The van der Waals surface area contributed by atoms with Crippen molar-refractivity contribution in [2.75, 3.05) is 18.1 Å². The molecule has 1 aliphatic heterocycles. The number of dihydropyridines is 1. The minimum Gasteiger partial charge on any atom is -0.461 e. The average Bonchev–Trinajstić information content (AvgIpc) is 3.42. The van der Waals surface area contributed by atoms with Gasteiger partial charge < -0.3 is 10.1 Å². The van der Waals surface area contributed by atoms with Crippen molar-refractivity contribution in [1.29, 1.82) is 0 Å². The fraction of sp³-hybridized carbons (Fsp3) is 0.417. The molecule has 0 saturated heterocycles. The lowest BCUT2D eigenvalue weighted by molar-refractivity contribution is -0.138. The molecule has 7 heteroatoms. The number of aryl methyl sites for hydroxylation is 1. The van der Waals surface area contributed by atoms with Crippen LogP contribution >= 0.6 is 34.4 Å². The Kier molecular flexibility index (Phi) is 7.04. The Bertz CT molecular complexity index is 1030. The summed E-state index contributed by atoms with van der Waals surface area (Å²) in [5, 5.41) is 5.48. The summed E-state index contributed by atoms with van der Waals surface area (Å²) in [4.78, 5) is 30.0. The molecule has 164 valence electrons. The highest BCUT2D eigenvalue weighted by Gasteiger charge is 2.42. The Morgan fingerprint density at radius 1 is 1.23 bits per heavy atom. The lowest BCUT2D eigenvalue weighted by atomic mass is 9.74. The van der Waals surface area contributed by atoms with Crippen LogP contribution in [-0.4, -0.2) is 29.9 Å². The van der Waals surface area contributed by atoms with Gasteiger partial charge in [0.15, 0.2) is 5.78 Å². The van der Waals surface area contributed by atoms with Gasteiger partial charge in [-0.1, -0.05) is 13.0 Å². The molecule has 31 heavy (non-hydrogen) atoms. The van der Waals surface area contributed by atoms with E-state index in [9.17, 15) is 9.59 Å². The van der Waals surface area contributed by atoms with Gasteiger partial charge in [-0.25, -0.2) is 4.79 Å². The van der Waals surface area contributed by atoms with Crippen molar-refractivity contribution in [2.45, 2.75) is 45.4 Å². The molecule has 0 unspecified atom stereocenters. The van der Waals surface area contributed by atoms with Crippen LogP contribution in [0.15, 0.2) is 52.2 Å². The number of thioether (sulfide) groups is 1. The first-order chi connectivity index (χ1) is 15.0. The molecule has 0 amide bonds. The maximum Gasteiger partial charge on any atom is 0.336 e. The molecule has 1 N–H and O–H groups in total. The number of Topliss-reactive ketones (excluding diaryl/α,β-unsaturated/α-hetero) is 1. The number of carbonyl (C=O) groups excluding carboxylic acids is 2. The van der Waals surface area contributed by atoms with Crippen molar-refractivity contribution < 1.29 is 14.3 Å². The Morgan fingerprint density at radius 2 is 2.06 bits per heavy atom. The van der Waals surface area contributed by atoms with Gasteiger partial charge in [-0.3, -0.25) is 4.79 Å². The molecule has 1 aliphatic carbocycles. The van der Waals surface area contributed by atoms with Crippen LogP contribution in [0.3, 0.4) is 0 Å². The van der Waals surface area contributed by atoms with Crippen LogP contribution in [0.5, 0.6) is 0 Å². The number of carbonyl (C=O) groups is 2. The summed E-state index contributed by atoms with van der Waals surface area (Å²) in [5.41, 5.74) is 3.07. The smallest absolute Gasteiger partial charge is 0.336 e. The van der Waals surface area contributed by atoms with Gasteiger partial charge >= 0.3 is 5.97 Å². The topological polar surface area (TPSA) is 55.4 Å². The molecular formula is C24H27NO3S3. The second-order valence-corrected chi connectivity index (χ2v) is 11.5. The molecule has 0 aromatic carbocycles. The summed E-state index contributed by atoms with van der Waals surface area (Å²) in [6.45, 7) is 6.45. The van der Waals surface area contributed by atoms with Gasteiger partial charge in [0, 0.05) is 49.7 Å². The van der Waals surface area contributed by atoms with E-state index >= 15 is 0 Å². The van der Waals surface area contributed by atoms with Gasteiger partial charge in [-0.05, 0) is 49.6 Å². The Balaban J connectivity index is 1.69. The monoisotopic (exact) mass is 473 g/mol. The van der Waals surface area contributed by atoms with E-state index in [1.165, 1.54) is 9.75 Å². The number of nitrogens with one attached hydrogen (secondary N) is 1. The fourth-order valence-electron chi connectivity index (χ4n) is 4.34. The Hall–Kier alpha value is -1.83. The van der Waals surface area contributed by atoms with E-state index in [2.05, 4.69) is 36.7 Å². The number of ether oxygens (including phenoxy) is 1. The highest BCUT2D eigenvalue weighted by Crippen LogP contribution is 2.47. The van der Waals surface area contributed by atoms with Crippen molar-refractivity contribution in [2.24, 2.45) is 0 Å². The first-order valence-corrected chi connectivity index (χ1v) is 13.4. The zero-order chi connectivity index (χ0) is 22.0. The Morgan fingerprint density at radius 3 is 2.74 bits per heavy atom. The summed E-state index contributed by atoms with van der Waals surface area (Å²) in [6, 6.07) is 8.25. The largest absolute Gasteiger partial charge is 0.461 e. The van der Waals surface area contributed by atoms with E-state index in [4.69, 9.17) is 4.74 Å². The summed E-state index contributed by atoms with van der Waals surface area (Å²) in [5.74, 6) is 1.42. The summed E-state index contributed by atoms with van der Waals surface area (Å²) >= 11 is 5.10. The predicted molar refractivity (Wildman–Crippen MR) is 130 cm³/mol. The molecule has 2 aromatic rings. The molecule has 0 saturated carbocycles. The zero-order valence-corrected chi connectivity index (χ0v) is 20.5. The molecule has 3 heterocycles. The molecule has 2 aliphatic rings. The molecule has 4 nitrogen and oxygen atoms in total. The van der Waals surface area contributed by atoms with Crippen LogP contribution < -0.4 is 5.32 Å². The zero-order valence-electron chi connectivity index (χ0n) is 18.0. The van der Waals surface area contributed by atoms with E-state index < -0.39 is 0 Å². The van der Waals surface area contributed by atoms with Gasteiger partial charge in [0.1, 0.15) is 6.61 Å². The van der Waals surface area contributed by atoms with Gasteiger partial charge in [0.2, 0.25) is 0 Å². The molecule has 0 fully saturated rings. The minimum absolute atomic E-state index is 0.127. The number of ketones is 1. The summed E-state index contributed by atoms with van der Waals surface area (Å²) in [6.07, 6.45) is 1.27. The second-order valence-electron chi connectivity index (χ2n) is 7.81. The van der Waals surface area contributed by atoms with Gasteiger partial charge in [-0.15, -0.1) is 22.7 Å². The number of hydrogen-bond donors (Lipinski definition) is 1. The number of rotatable bonds is 7. The van der Waals surface area contributed by atoms with Gasteiger partial charge in [0.25, 0.3) is 0 Å². The van der Waals surface area contributed by atoms with Crippen LogP contribution in [-0.2, 0) is 14.3 Å². The van der Waals surface area contributed by atoms with Crippen LogP contribution in [0, 0.1) is 6.92 Å². The quantitative estimate of drug-likeness (QED) is 0.408. The minimum atomic E-state index is -0.349. The summed E-state index contributed by atoms with van der Waals surface area (Å²) in [7, 11) is 0. The fourth-order valence-corrected chi connectivity index (χ4v) is 6.66. The van der Waals surface area contributed by atoms with Crippen LogP contribution in [0.1, 0.15) is 53.2 Å². The molecule has 0 spiro atoms. The molecular weight excluding hydrogens is 446 g/mol. The molecule has 2 aromatic heterocycles. The summed E-state index contributed by atoms with van der Waals surface area (Å²) < 4.78 is 5.62. The van der Waals surface area contributed by atoms with E-state index in [1.807, 2.05) is 19.1 Å². The van der Waals surface area contributed by atoms with Gasteiger partial charge in [-0.2, -0.15) is 11.8 Å². The third-order valence-electron chi connectivity index (χ3n) is 5.70. The number of esters is 1. The molecule has 0 radical (unpaired) electrons. The van der Waals surface area contributed by atoms with E-state index in [-0.39, 0.29) is 23.6 Å². The van der Waals surface area contributed by atoms with Crippen molar-refractivity contribution in [1.82, 2.24) is 5.32 Å². The number of allylic oxidation sites excluding steroid dienone is 3. The first kappa shape index (κ1) is 22.4. The van der Waals surface area contributed by atoms with Crippen LogP contribution in [0.25, 0.3) is 0 Å².